The zero-order valence-electron chi connectivity index (χ0n) is 14.4. The van der Waals surface area contributed by atoms with Gasteiger partial charge in [-0.15, -0.1) is 0 Å². The molecule has 0 saturated heterocycles. The minimum Gasteiger partial charge on any atom is -0.496 e. The standard InChI is InChI=1S/C18H18IN3O3/c1-18(2,3)25-17(23)22-14-6-5-11(9-12(14)16(19)21-22)13-10-20-8-7-15(13)24-4/h5-10H,1-4H3. The van der Waals surface area contributed by atoms with Crippen LogP contribution in [-0.4, -0.2) is 33.6 Å². The van der Waals surface area contributed by atoms with Gasteiger partial charge in [-0.05, 0) is 67.1 Å². The Labute approximate surface area is 159 Å². The number of fused-ring (bicyclic) bond motifs is 1. The van der Waals surface area contributed by atoms with Crippen LogP contribution in [0.15, 0.2) is 36.7 Å². The maximum absolute atomic E-state index is 12.4. The van der Waals surface area contributed by atoms with Gasteiger partial charge in [-0.3, -0.25) is 4.98 Å². The third kappa shape index (κ3) is 3.60. The highest BCUT2D eigenvalue weighted by molar-refractivity contribution is 14.1. The van der Waals surface area contributed by atoms with Gasteiger partial charge in [0.1, 0.15) is 15.1 Å². The first-order valence-electron chi connectivity index (χ1n) is 7.70. The van der Waals surface area contributed by atoms with Crippen molar-refractivity contribution in [3.8, 4) is 16.9 Å². The Balaban J connectivity index is 2.08. The van der Waals surface area contributed by atoms with Crippen LogP contribution in [0.2, 0.25) is 0 Å². The summed E-state index contributed by atoms with van der Waals surface area (Å²) in [5, 5.41) is 5.20. The highest BCUT2D eigenvalue weighted by atomic mass is 127. The van der Waals surface area contributed by atoms with Crippen LogP contribution in [0.25, 0.3) is 22.0 Å². The minimum atomic E-state index is -0.580. The van der Waals surface area contributed by atoms with Crippen molar-refractivity contribution in [2.75, 3.05) is 7.11 Å². The van der Waals surface area contributed by atoms with E-state index >= 15 is 0 Å². The molecule has 0 spiro atoms. The SMILES string of the molecule is COc1ccncc1-c1ccc2c(c1)c(I)nn2C(=O)OC(C)(C)C. The van der Waals surface area contributed by atoms with E-state index in [1.165, 1.54) is 4.68 Å². The maximum atomic E-state index is 12.4. The summed E-state index contributed by atoms with van der Waals surface area (Å²) in [6.07, 6.45) is 2.95. The van der Waals surface area contributed by atoms with Crippen molar-refractivity contribution < 1.29 is 14.3 Å². The molecular weight excluding hydrogens is 433 g/mol. The summed E-state index contributed by atoms with van der Waals surface area (Å²) in [6, 6.07) is 7.57. The van der Waals surface area contributed by atoms with E-state index in [1.807, 2.05) is 45.0 Å². The number of hydrogen-bond donors (Lipinski definition) is 0. The summed E-state index contributed by atoms with van der Waals surface area (Å²) in [5.74, 6) is 0.740. The van der Waals surface area contributed by atoms with Gasteiger partial charge in [-0.1, -0.05) is 6.07 Å². The number of halogens is 1. The Bertz CT molecular complexity index is 944. The lowest BCUT2D eigenvalue weighted by atomic mass is 10.1. The Morgan fingerprint density at radius 3 is 2.68 bits per heavy atom. The topological polar surface area (TPSA) is 66.2 Å². The summed E-state index contributed by atoms with van der Waals surface area (Å²) in [5.41, 5.74) is 1.95. The van der Waals surface area contributed by atoms with Crippen molar-refractivity contribution >= 4 is 39.6 Å². The molecule has 0 aliphatic carbocycles. The van der Waals surface area contributed by atoms with Gasteiger partial charge in [-0.2, -0.15) is 9.78 Å². The van der Waals surface area contributed by atoms with Crippen LogP contribution in [0.4, 0.5) is 4.79 Å². The molecule has 0 aliphatic rings. The van der Waals surface area contributed by atoms with Crippen molar-refractivity contribution in [1.82, 2.24) is 14.8 Å². The smallest absolute Gasteiger partial charge is 0.435 e. The van der Waals surface area contributed by atoms with E-state index in [2.05, 4.69) is 32.7 Å². The minimum absolute atomic E-state index is 0.493. The number of rotatable bonds is 2. The van der Waals surface area contributed by atoms with E-state index in [0.29, 0.717) is 5.52 Å². The van der Waals surface area contributed by atoms with Gasteiger partial charge in [0, 0.05) is 23.3 Å². The van der Waals surface area contributed by atoms with E-state index in [0.717, 1.165) is 26.0 Å². The fourth-order valence-electron chi connectivity index (χ4n) is 2.47. The quantitative estimate of drug-likeness (QED) is 0.537. The molecule has 0 fully saturated rings. The Hall–Kier alpha value is -2.16. The first-order chi connectivity index (χ1) is 11.8. The first-order valence-corrected chi connectivity index (χ1v) is 8.78. The molecule has 0 unspecified atom stereocenters. The van der Waals surface area contributed by atoms with Crippen molar-refractivity contribution in [3.05, 3.63) is 40.4 Å². The van der Waals surface area contributed by atoms with Gasteiger partial charge in [0.2, 0.25) is 0 Å². The molecule has 7 heteroatoms. The number of methoxy groups -OCH3 is 1. The number of hydrogen-bond acceptors (Lipinski definition) is 5. The Morgan fingerprint density at radius 1 is 1.24 bits per heavy atom. The third-order valence-corrected chi connectivity index (χ3v) is 4.31. The average molecular weight is 451 g/mol. The molecule has 25 heavy (non-hydrogen) atoms. The van der Waals surface area contributed by atoms with Crippen LogP contribution in [-0.2, 0) is 4.74 Å². The number of ether oxygens (including phenoxy) is 2. The maximum Gasteiger partial charge on any atom is 0.435 e. The summed E-state index contributed by atoms with van der Waals surface area (Å²) >= 11 is 2.12. The van der Waals surface area contributed by atoms with Gasteiger partial charge < -0.3 is 9.47 Å². The molecule has 130 valence electrons. The molecule has 0 radical (unpaired) electrons. The average Bonchev–Trinajstić information content (AvgIpc) is 2.90. The number of nitrogens with zero attached hydrogens (tertiary/aromatic N) is 3. The van der Waals surface area contributed by atoms with Crippen molar-refractivity contribution in [1.29, 1.82) is 0 Å². The summed E-state index contributed by atoms with van der Waals surface area (Å²) in [6.45, 7) is 5.48. The Morgan fingerprint density at radius 2 is 2.00 bits per heavy atom. The molecule has 3 aromatic rings. The fourth-order valence-corrected chi connectivity index (χ4v) is 3.12. The van der Waals surface area contributed by atoms with Gasteiger partial charge in [0.05, 0.1) is 12.6 Å². The van der Waals surface area contributed by atoms with E-state index in [1.54, 1.807) is 19.5 Å². The number of pyridine rings is 1. The molecular formula is C18H18IN3O3. The summed E-state index contributed by atoms with van der Waals surface area (Å²) in [4.78, 5) is 16.6. The molecule has 0 aliphatic heterocycles. The second-order valence-corrected chi connectivity index (χ2v) is 7.51. The highest BCUT2D eigenvalue weighted by Gasteiger charge is 2.22. The molecule has 0 bridgehead atoms. The molecule has 1 aromatic carbocycles. The first kappa shape index (κ1) is 17.7. The van der Waals surface area contributed by atoms with Crippen LogP contribution >= 0.6 is 22.6 Å². The zero-order valence-corrected chi connectivity index (χ0v) is 16.6. The van der Waals surface area contributed by atoms with Crippen molar-refractivity contribution in [2.24, 2.45) is 0 Å². The molecule has 3 rings (SSSR count). The zero-order chi connectivity index (χ0) is 18.2. The molecule has 0 amide bonds. The van der Waals surface area contributed by atoms with Crippen LogP contribution in [0, 0.1) is 3.70 Å². The fraction of sp³-hybridized carbons (Fsp3) is 0.278. The van der Waals surface area contributed by atoms with Crippen molar-refractivity contribution in [3.63, 3.8) is 0 Å². The second-order valence-electron chi connectivity index (χ2n) is 6.49. The molecule has 0 atom stereocenters. The van der Waals surface area contributed by atoms with Gasteiger partial charge in [0.25, 0.3) is 0 Å². The molecule has 6 nitrogen and oxygen atoms in total. The van der Waals surface area contributed by atoms with Crippen LogP contribution in [0.3, 0.4) is 0 Å². The third-order valence-electron chi connectivity index (χ3n) is 3.51. The second kappa shape index (κ2) is 6.62. The lowest BCUT2D eigenvalue weighted by molar-refractivity contribution is 0.0522. The van der Waals surface area contributed by atoms with E-state index in [9.17, 15) is 4.79 Å². The predicted molar refractivity (Wildman–Crippen MR) is 104 cm³/mol. The van der Waals surface area contributed by atoms with Crippen molar-refractivity contribution in [2.45, 2.75) is 26.4 Å². The van der Waals surface area contributed by atoms with Gasteiger partial charge in [0.15, 0.2) is 0 Å². The number of aromatic nitrogens is 3. The number of carbonyl (C=O) groups excluding carboxylic acids is 1. The van der Waals surface area contributed by atoms with Crippen LogP contribution < -0.4 is 4.74 Å². The Kier molecular flexibility index (Phi) is 4.68. The lowest BCUT2D eigenvalue weighted by Crippen LogP contribution is -2.27. The number of benzene rings is 1. The predicted octanol–water partition coefficient (Wildman–Crippen LogP) is 4.49. The van der Waals surface area contributed by atoms with E-state index < -0.39 is 11.7 Å². The molecule has 0 saturated carbocycles. The molecule has 2 aromatic heterocycles. The monoisotopic (exact) mass is 451 g/mol. The van der Waals surface area contributed by atoms with Crippen LogP contribution in [0.5, 0.6) is 5.75 Å². The molecule has 2 heterocycles. The van der Waals surface area contributed by atoms with Gasteiger partial charge >= 0.3 is 6.09 Å². The van der Waals surface area contributed by atoms with Gasteiger partial charge in [-0.25, -0.2) is 4.79 Å². The summed E-state index contributed by atoms with van der Waals surface area (Å²) in [7, 11) is 1.63. The largest absolute Gasteiger partial charge is 0.496 e. The van der Waals surface area contributed by atoms with E-state index in [4.69, 9.17) is 9.47 Å². The molecule has 0 N–H and O–H groups in total. The van der Waals surface area contributed by atoms with Crippen LogP contribution in [0.1, 0.15) is 20.8 Å². The summed E-state index contributed by atoms with van der Waals surface area (Å²) < 4.78 is 12.9. The van der Waals surface area contributed by atoms with E-state index in [-0.39, 0.29) is 0 Å². The lowest BCUT2D eigenvalue weighted by Gasteiger charge is -2.19. The highest BCUT2D eigenvalue weighted by Crippen LogP contribution is 2.32. The number of carbonyl (C=O) groups is 1. The normalized spacial score (nSPS) is 11.6.